The number of nitrogens with zero attached hydrogens (tertiary/aromatic N) is 2. The van der Waals surface area contributed by atoms with E-state index in [1.165, 1.54) is 0 Å². The number of pyridine rings is 2. The number of amides is 2. The topological polar surface area (TPSA) is 84.0 Å². The molecule has 0 spiro atoms. The van der Waals surface area contributed by atoms with Crippen molar-refractivity contribution in [1.82, 2.24) is 20.6 Å². The van der Waals surface area contributed by atoms with Gasteiger partial charge in [0.1, 0.15) is 0 Å². The average Bonchev–Trinajstić information content (AvgIpc) is 3.06. The van der Waals surface area contributed by atoms with E-state index >= 15 is 0 Å². The highest BCUT2D eigenvalue weighted by Crippen LogP contribution is 2.31. The molecule has 0 aliphatic carbocycles. The van der Waals surface area contributed by atoms with Crippen LogP contribution in [0.25, 0.3) is 44.3 Å². The van der Waals surface area contributed by atoms with Gasteiger partial charge < -0.3 is 10.6 Å². The highest BCUT2D eigenvalue weighted by atomic mass is 16.2. The zero-order valence-corrected chi connectivity index (χ0v) is 26.0. The molecule has 0 aliphatic rings. The Morgan fingerprint density at radius 1 is 0.556 bits per heavy atom. The van der Waals surface area contributed by atoms with Crippen LogP contribution in [0.1, 0.15) is 45.7 Å². The summed E-state index contributed by atoms with van der Waals surface area (Å²) in [5, 5.41) is 7.94. The molecule has 2 aromatic heterocycles. The summed E-state index contributed by atoms with van der Waals surface area (Å²) in [6, 6.07) is 35.3. The molecule has 0 unspecified atom stereocenters. The van der Waals surface area contributed by atoms with E-state index < -0.39 is 5.41 Å². The maximum atomic E-state index is 13.8. The van der Waals surface area contributed by atoms with Crippen molar-refractivity contribution in [2.24, 2.45) is 5.41 Å². The van der Waals surface area contributed by atoms with Crippen molar-refractivity contribution in [2.45, 2.75) is 27.7 Å². The number of hydrogen-bond acceptors (Lipinski definition) is 4. The number of aromatic nitrogens is 2. The smallest absolute Gasteiger partial charge is 0.252 e. The second-order valence-corrected chi connectivity index (χ2v) is 12.2. The Hall–Kier alpha value is -5.36. The third kappa shape index (κ3) is 6.04. The predicted molar refractivity (Wildman–Crippen MR) is 182 cm³/mol. The molecule has 6 nitrogen and oxygen atoms in total. The van der Waals surface area contributed by atoms with Crippen LogP contribution < -0.4 is 10.6 Å². The molecule has 2 amide bonds. The second-order valence-electron chi connectivity index (χ2n) is 12.2. The number of benzene rings is 4. The van der Waals surface area contributed by atoms with Gasteiger partial charge in [-0.15, -0.1) is 0 Å². The Balaban J connectivity index is 1.23. The molecule has 0 radical (unpaired) electrons. The van der Waals surface area contributed by atoms with Crippen LogP contribution in [0.5, 0.6) is 0 Å². The number of para-hydroxylation sites is 2. The van der Waals surface area contributed by atoms with Crippen LogP contribution in [0.4, 0.5) is 0 Å². The lowest BCUT2D eigenvalue weighted by molar-refractivity contribution is 0.0921. The van der Waals surface area contributed by atoms with Crippen LogP contribution in [0.3, 0.4) is 0 Å². The van der Waals surface area contributed by atoms with Gasteiger partial charge in [-0.05, 0) is 42.5 Å². The Morgan fingerprint density at radius 2 is 0.911 bits per heavy atom. The first-order valence-corrected chi connectivity index (χ1v) is 15.2. The van der Waals surface area contributed by atoms with Crippen molar-refractivity contribution in [1.29, 1.82) is 0 Å². The fourth-order valence-electron chi connectivity index (χ4n) is 5.83. The van der Waals surface area contributed by atoms with Gasteiger partial charge >= 0.3 is 0 Å². The average molecular weight is 593 g/mol. The lowest BCUT2D eigenvalue weighted by Gasteiger charge is -2.26. The Morgan fingerprint density at radius 3 is 1.31 bits per heavy atom. The van der Waals surface area contributed by atoms with Gasteiger partial charge in [0.2, 0.25) is 0 Å². The van der Waals surface area contributed by atoms with Crippen molar-refractivity contribution in [3.63, 3.8) is 0 Å². The first kappa shape index (κ1) is 29.7. The summed E-state index contributed by atoms with van der Waals surface area (Å²) in [5.74, 6) is -0.322. The van der Waals surface area contributed by atoms with E-state index in [2.05, 4.69) is 10.6 Å². The quantitative estimate of drug-likeness (QED) is 0.188. The van der Waals surface area contributed by atoms with Crippen LogP contribution in [0.2, 0.25) is 0 Å². The summed E-state index contributed by atoms with van der Waals surface area (Å²) in [5.41, 5.74) is 7.53. The molecule has 6 aromatic rings. The molecule has 0 fully saturated rings. The van der Waals surface area contributed by atoms with E-state index in [1.807, 2.05) is 137 Å². The first-order chi connectivity index (χ1) is 21.7. The summed E-state index contributed by atoms with van der Waals surface area (Å²) in [6.07, 6.45) is 0. The van der Waals surface area contributed by atoms with Gasteiger partial charge in [0.25, 0.3) is 11.8 Å². The lowest BCUT2D eigenvalue weighted by Crippen LogP contribution is -2.42. The van der Waals surface area contributed by atoms with E-state index in [-0.39, 0.29) is 11.8 Å². The second kappa shape index (κ2) is 12.3. The van der Waals surface area contributed by atoms with E-state index in [4.69, 9.17) is 9.97 Å². The van der Waals surface area contributed by atoms with Crippen molar-refractivity contribution in [3.8, 4) is 22.5 Å². The molecule has 0 saturated carbocycles. The molecule has 0 atom stereocenters. The molecular weight excluding hydrogens is 556 g/mol. The third-order valence-corrected chi connectivity index (χ3v) is 8.28. The van der Waals surface area contributed by atoms with Crippen molar-refractivity contribution in [3.05, 3.63) is 131 Å². The van der Waals surface area contributed by atoms with Crippen molar-refractivity contribution in [2.75, 3.05) is 13.1 Å². The molecule has 6 rings (SSSR count). The van der Waals surface area contributed by atoms with Gasteiger partial charge in [0.15, 0.2) is 0 Å². The molecule has 4 aromatic carbocycles. The molecule has 224 valence electrons. The predicted octanol–water partition coefficient (Wildman–Crippen LogP) is 7.92. The largest absolute Gasteiger partial charge is 0.351 e. The number of carbonyl (C=O) groups excluding carboxylic acids is 2. The molecule has 0 saturated heterocycles. The molecular formula is C39H36N4O2. The maximum Gasteiger partial charge on any atom is 0.252 e. The summed E-state index contributed by atoms with van der Waals surface area (Å²) in [7, 11) is 0. The Kier molecular flexibility index (Phi) is 8.14. The highest BCUT2D eigenvalue weighted by Gasteiger charge is 2.25. The summed E-state index contributed by atoms with van der Waals surface area (Å²) in [4.78, 5) is 37.4. The SMILES string of the molecule is Cc1c(-c2ccccc2)nc2ccccc2c1C(=O)NCC(C)(C)CNC(=O)c1c(C)c(-c2ccccc2)nc2ccccc12. The van der Waals surface area contributed by atoms with Gasteiger partial charge in [0, 0.05) is 35.0 Å². The summed E-state index contributed by atoms with van der Waals surface area (Å²) < 4.78 is 0. The minimum Gasteiger partial charge on any atom is -0.351 e. The fourth-order valence-corrected chi connectivity index (χ4v) is 5.83. The van der Waals surface area contributed by atoms with Crippen LogP contribution in [-0.4, -0.2) is 34.9 Å². The third-order valence-electron chi connectivity index (χ3n) is 8.28. The van der Waals surface area contributed by atoms with Crippen LogP contribution in [-0.2, 0) is 0 Å². The highest BCUT2D eigenvalue weighted by molar-refractivity contribution is 6.10. The monoisotopic (exact) mass is 592 g/mol. The number of fused-ring (bicyclic) bond motifs is 2. The molecule has 0 aliphatic heterocycles. The summed E-state index contributed by atoms with van der Waals surface area (Å²) >= 11 is 0. The number of nitrogens with one attached hydrogen (secondary N) is 2. The number of carbonyl (C=O) groups is 2. The number of hydrogen-bond donors (Lipinski definition) is 2. The fraction of sp³-hybridized carbons (Fsp3) is 0.179. The normalized spacial score (nSPS) is 11.5. The van der Waals surface area contributed by atoms with Gasteiger partial charge in [-0.3, -0.25) is 9.59 Å². The van der Waals surface area contributed by atoms with E-state index in [9.17, 15) is 9.59 Å². The van der Waals surface area contributed by atoms with Crippen LogP contribution in [0, 0.1) is 19.3 Å². The molecule has 0 bridgehead atoms. The van der Waals surface area contributed by atoms with Crippen LogP contribution in [0.15, 0.2) is 109 Å². The summed E-state index contributed by atoms with van der Waals surface area (Å²) in [6.45, 7) is 8.71. The minimum absolute atomic E-state index is 0.161. The van der Waals surface area contributed by atoms with Crippen molar-refractivity contribution >= 4 is 33.6 Å². The number of rotatable bonds is 8. The Bertz CT molecular complexity index is 1890. The first-order valence-electron chi connectivity index (χ1n) is 15.2. The van der Waals surface area contributed by atoms with Gasteiger partial charge in [-0.1, -0.05) is 111 Å². The van der Waals surface area contributed by atoms with Crippen LogP contribution >= 0.6 is 0 Å². The molecule has 6 heteroatoms. The molecule has 45 heavy (non-hydrogen) atoms. The lowest BCUT2D eigenvalue weighted by atomic mass is 9.92. The molecule has 2 N–H and O–H groups in total. The van der Waals surface area contributed by atoms with E-state index in [0.29, 0.717) is 24.2 Å². The van der Waals surface area contributed by atoms with Gasteiger partial charge in [-0.25, -0.2) is 9.97 Å². The van der Waals surface area contributed by atoms with E-state index in [0.717, 1.165) is 55.4 Å². The standard InChI is InChI=1S/C39H36N4O2/c1-25-33(29-19-11-13-21-31(29)42-35(25)27-15-7-5-8-16-27)37(44)40-23-39(3,4)24-41-38(45)34-26(2)36(28-17-9-6-10-18-28)43-32-22-14-12-20-30(32)34/h5-22H,23-24H2,1-4H3,(H,40,44)(H,41,45). The van der Waals surface area contributed by atoms with E-state index in [1.54, 1.807) is 0 Å². The maximum absolute atomic E-state index is 13.8. The zero-order chi connectivity index (χ0) is 31.6. The molecule has 2 heterocycles. The Labute approximate surface area is 263 Å². The zero-order valence-electron chi connectivity index (χ0n) is 26.0. The van der Waals surface area contributed by atoms with Crippen molar-refractivity contribution < 1.29 is 9.59 Å². The minimum atomic E-state index is -0.427. The van der Waals surface area contributed by atoms with Gasteiger partial charge in [0.05, 0.1) is 33.5 Å². The van der Waals surface area contributed by atoms with Gasteiger partial charge in [-0.2, -0.15) is 0 Å².